The number of fused-ring (bicyclic) bond motifs is 1. The van der Waals surface area contributed by atoms with Gasteiger partial charge in [-0.2, -0.15) is 0 Å². The fourth-order valence-corrected chi connectivity index (χ4v) is 4.04. The van der Waals surface area contributed by atoms with E-state index in [2.05, 4.69) is 54.6 Å². The summed E-state index contributed by atoms with van der Waals surface area (Å²) in [4.78, 5) is 4.78. The van der Waals surface area contributed by atoms with Gasteiger partial charge < -0.3 is 17.3 Å². The Balaban J connectivity index is 0.000000444. The molecule has 32 heavy (non-hydrogen) atoms. The molecule has 2 heterocycles. The van der Waals surface area contributed by atoms with Crippen LogP contribution in [0.1, 0.15) is 0 Å². The maximum atomic E-state index is 9.75. The van der Waals surface area contributed by atoms with E-state index < -0.39 is 7.25 Å². The third kappa shape index (κ3) is 5.59. The summed E-state index contributed by atoms with van der Waals surface area (Å²) in [6.07, 6.45) is 0. The second-order valence-electron chi connectivity index (χ2n) is 6.79. The number of para-hydroxylation sites is 1. The van der Waals surface area contributed by atoms with E-state index in [0.717, 1.165) is 43.4 Å². The highest BCUT2D eigenvalue weighted by atomic mass is 32.1. The van der Waals surface area contributed by atoms with Gasteiger partial charge in [0.25, 0.3) is 0 Å². The van der Waals surface area contributed by atoms with Crippen molar-refractivity contribution in [2.24, 2.45) is 0 Å². The predicted molar refractivity (Wildman–Crippen MR) is 123 cm³/mol. The van der Waals surface area contributed by atoms with E-state index in [0.29, 0.717) is 0 Å². The van der Waals surface area contributed by atoms with Crippen LogP contribution < -0.4 is 0 Å². The molecule has 2 aromatic heterocycles. The van der Waals surface area contributed by atoms with Crippen molar-refractivity contribution in [3.63, 3.8) is 0 Å². The van der Waals surface area contributed by atoms with Crippen LogP contribution in [0.5, 0.6) is 0 Å². The average molecular weight is 453 g/mol. The molecule has 3 aromatic carbocycles. The molecule has 0 saturated carbocycles. The Morgan fingerprint density at radius 2 is 1.16 bits per heavy atom. The van der Waals surface area contributed by atoms with Crippen molar-refractivity contribution in [3.8, 4) is 33.2 Å². The van der Waals surface area contributed by atoms with Gasteiger partial charge in [-0.1, -0.05) is 60.7 Å². The smallest absolute Gasteiger partial charge is 0.418 e. The number of hydrogen-bond donors (Lipinski definition) is 0. The van der Waals surface area contributed by atoms with E-state index in [1.54, 1.807) is 11.3 Å². The van der Waals surface area contributed by atoms with Crippen LogP contribution in [0.2, 0.25) is 0 Å². The highest BCUT2D eigenvalue weighted by Gasteiger charge is 2.23. The summed E-state index contributed by atoms with van der Waals surface area (Å²) in [6, 6.07) is 32.9. The van der Waals surface area contributed by atoms with E-state index in [-0.39, 0.29) is 0 Å². The average Bonchev–Trinajstić information content (AvgIpc) is 3.23. The molecule has 0 fully saturated rings. The van der Waals surface area contributed by atoms with Crippen molar-refractivity contribution in [1.29, 1.82) is 0 Å². The Morgan fingerprint density at radius 1 is 0.625 bits per heavy atom. The maximum absolute atomic E-state index is 9.75. The van der Waals surface area contributed by atoms with Crippen LogP contribution in [0.25, 0.3) is 43.4 Å². The largest absolute Gasteiger partial charge is 0.673 e. The summed E-state index contributed by atoms with van der Waals surface area (Å²) in [5.41, 5.74) is 4.33. The third-order valence-corrected chi connectivity index (χ3v) is 5.51. The fourth-order valence-electron chi connectivity index (χ4n) is 3.13. The van der Waals surface area contributed by atoms with Gasteiger partial charge in [0.05, 0.1) is 27.9 Å². The van der Waals surface area contributed by atoms with Crippen molar-refractivity contribution in [1.82, 2.24) is 4.98 Å². The van der Waals surface area contributed by atoms with Crippen LogP contribution in [-0.2, 0) is 0 Å². The normalized spacial score (nSPS) is 11.1. The molecule has 0 amide bonds. The van der Waals surface area contributed by atoms with Gasteiger partial charge in [0.2, 0.25) is 5.01 Å². The predicted octanol–water partition coefficient (Wildman–Crippen LogP) is 8.47. The van der Waals surface area contributed by atoms with Crippen molar-refractivity contribution in [2.45, 2.75) is 0 Å². The first-order chi connectivity index (χ1) is 15.4. The Bertz CT molecular complexity index is 1230. The zero-order valence-electron chi connectivity index (χ0n) is 16.6. The van der Waals surface area contributed by atoms with Gasteiger partial charge in [-0.15, -0.1) is 11.3 Å². The highest BCUT2D eigenvalue weighted by molar-refractivity contribution is 7.21. The molecule has 0 aliphatic rings. The highest BCUT2D eigenvalue weighted by Crippen LogP contribution is 2.36. The number of rotatable bonds is 3. The number of thiazole rings is 1. The van der Waals surface area contributed by atoms with Gasteiger partial charge in [0.1, 0.15) is 0 Å². The van der Waals surface area contributed by atoms with Crippen molar-refractivity contribution in [3.05, 3.63) is 97.1 Å². The number of hydrogen-bond acceptors (Lipinski definition) is 2. The van der Waals surface area contributed by atoms with E-state index in [9.17, 15) is 17.3 Å². The first-order valence-electron chi connectivity index (χ1n) is 9.69. The van der Waals surface area contributed by atoms with Gasteiger partial charge >= 0.3 is 18.8 Å². The lowest BCUT2D eigenvalue weighted by Crippen LogP contribution is -2.02. The van der Waals surface area contributed by atoms with Crippen LogP contribution >= 0.6 is 11.3 Å². The van der Waals surface area contributed by atoms with E-state index in [4.69, 9.17) is 9.40 Å². The summed E-state index contributed by atoms with van der Waals surface area (Å²) < 4.78 is 46.5. The first-order valence-corrected chi connectivity index (χ1v) is 10.5. The van der Waals surface area contributed by atoms with Gasteiger partial charge in [-0.05, 0) is 29.8 Å². The maximum Gasteiger partial charge on any atom is 0.673 e. The zero-order chi connectivity index (χ0) is 22.6. The molecule has 2 nitrogen and oxygen atoms in total. The molecular weight excluding hydrogens is 437 g/mol. The molecule has 8 heteroatoms. The quantitative estimate of drug-likeness (QED) is 0.155. The molecule has 0 atom stereocenters. The second kappa shape index (κ2) is 9.32. The first kappa shape index (κ1) is 21.7. The molecule has 160 valence electrons. The van der Waals surface area contributed by atoms with Crippen molar-refractivity contribution in [2.75, 3.05) is 0 Å². The van der Waals surface area contributed by atoms with Gasteiger partial charge in [-0.3, -0.25) is 0 Å². The summed E-state index contributed by atoms with van der Waals surface area (Å²) in [5.74, 6) is 1.63. The van der Waals surface area contributed by atoms with Crippen molar-refractivity contribution >= 4 is 28.8 Å². The summed E-state index contributed by atoms with van der Waals surface area (Å²) >= 11 is 1.65. The Morgan fingerprint density at radius 3 is 1.78 bits per heavy atom. The number of aromatic nitrogens is 1. The standard InChI is InChI=1S/C24H16NOS.BF4/c1-3-9-17(10-4-1)19-15-21(18-11-5-2-6-12-18)26-22(16-19)24-25-20-13-7-8-14-23(20)27-24;2-1(3,4)5/h1-16H;/q+1;-1. The van der Waals surface area contributed by atoms with Crippen LogP contribution in [0, 0.1) is 0 Å². The molecule has 5 rings (SSSR count). The molecule has 0 radical (unpaired) electrons. The minimum atomic E-state index is -6.00. The van der Waals surface area contributed by atoms with Crippen LogP contribution in [0.3, 0.4) is 0 Å². The molecule has 0 aliphatic carbocycles. The monoisotopic (exact) mass is 453 g/mol. The number of halogens is 4. The lowest BCUT2D eigenvalue weighted by molar-refractivity contribution is 0.368. The molecule has 0 unspecified atom stereocenters. The topological polar surface area (TPSA) is 24.2 Å². The molecule has 0 spiro atoms. The molecule has 0 aliphatic heterocycles. The van der Waals surface area contributed by atoms with Crippen molar-refractivity contribution < 1.29 is 21.7 Å². The Kier molecular flexibility index (Phi) is 6.32. The number of nitrogens with zero attached hydrogens (tertiary/aromatic N) is 1. The third-order valence-electron chi connectivity index (χ3n) is 4.46. The zero-order valence-corrected chi connectivity index (χ0v) is 17.4. The fraction of sp³-hybridized carbons (Fsp3) is 0. The summed E-state index contributed by atoms with van der Waals surface area (Å²) in [7, 11) is -6.00. The molecule has 0 N–H and O–H groups in total. The van der Waals surface area contributed by atoms with E-state index >= 15 is 0 Å². The van der Waals surface area contributed by atoms with Gasteiger partial charge in [-0.25, -0.2) is 9.40 Å². The molecule has 0 bridgehead atoms. The SMILES string of the molecule is F[B-](F)(F)F.c1ccc(-c2cc(-c3ccccc3)[o+]c(-c3nc4ccccc4s3)c2)cc1. The van der Waals surface area contributed by atoms with Crippen LogP contribution in [0.15, 0.2) is 101 Å². The van der Waals surface area contributed by atoms with Gasteiger partial charge in [0, 0.05) is 5.56 Å². The van der Waals surface area contributed by atoms with Crippen LogP contribution in [0.4, 0.5) is 17.3 Å². The lowest BCUT2D eigenvalue weighted by atomic mass is 10.0. The van der Waals surface area contributed by atoms with E-state index in [1.807, 2.05) is 42.5 Å². The number of benzene rings is 3. The Hall–Kier alpha value is -3.52. The Labute approximate surface area is 185 Å². The van der Waals surface area contributed by atoms with Crippen LogP contribution in [-0.4, -0.2) is 12.2 Å². The molecule has 0 saturated heterocycles. The summed E-state index contributed by atoms with van der Waals surface area (Å²) in [5, 5.41) is 0.895. The second-order valence-corrected chi connectivity index (χ2v) is 7.82. The van der Waals surface area contributed by atoms with Gasteiger partial charge in [0.15, 0.2) is 0 Å². The molecule has 5 aromatic rings. The minimum Gasteiger partial charge on any atom is -0.418 e. The minimum absolute atomic E-state index is 0.788. The van der Waals surface area contributed by atoms with E-state index in [1.165, 1.54) is 0 Å². The summed E-state index contributed by atoms with van der Waals surface area (Å²) in [6.45, 7) is 0. The lowest BCUT2D eigenvalue weighted by Gasteiger charge is -2.00. The molecular formula is C24H16BF4NOS.